The number of hydrogen-bond acceptors (Lipinski definition) is 3. The van der Waals surface area contributed by atoms with Crippen LogP contribution in [0.5, 0.6) is 0 Å². The average Bonchev–Trinajstić information content (AvgIpc) is 2.48. The van der Waals surface area contributed by atoms with Gasteiger partial charge in [0.2, 0.25) is 0 Å². The van der Waals surface area contributed by atoms with Crippen LogP contribution in [0.3, 0.4) is 0 Å². The van der Waals surface area contributed by atoms with Gasteiger partial charge in [-0.25, -0.2) is 4.98 Å². The summed E-state index contributed by atoms with van der Waals surface area (Å²) in [5.41, 5.74) is 3.06. The van der Waals surface area contributed by atoms with E-state index < -0.39 is 0 Å². The van der Waals surface area contributed by atoms with E-state index in [0.717, 1.165) is 9.92 Å². The van der Waals surface area contributed by atoms with Crippen LogP contribution in [-0.4, -0.2) is 17.4 Å². The van der Waals surface area contributed by atoms with Gasteiger partial charge in [-0.15, -0.1) is 0 Å². The van der Waals surface area contributed by atoms with E-state index in [0.29, 0.717) is 18.0 Å². The van der Waals surface area contributed by atoms with Crippen molar-refractivity contribution in [2.45, 2.75) is 37.6 Å². The summed E-state index contributed by atoms with van der Waals surface area (Å²) in [5.74, 6) is 0.366. The van der Waals surface area contributed by atoms with Crippen molar-refractivity contribution in [2.24, 2.45) is 5.92 Å². The Morgan fingerprint density at radius 2 is 2.05 bits per heavy atom. The predicted molar refractivity (Wildman–Crippen MR) is 91.4 cm³/mol. The van der Waals surface area contributed by atoms with Crippen molar-refractivity contribution in [3.8, 4) is 0 Å². The second-order valence-corrected chi connectivity index (χ2v) is 6.86. The van der Waals surface area contributed by atoms with Gasteiger partial charge in [-0.1, -0.05) is 43.3 Å². The van der Waals surface area contributed by atoms with Crippen molar-refractivity contribution in [2.75, 3.05) is 6.54 Å². The number of aryl methyl sites for hydroxylation is 2. The summed E-state index contributed by atoms with van der Waals surface area (Å²) in [6, 6.07) is 9.94. The summed E-state index contributed by atoms with van der Waals surface area (Å²) >= 11 is 1.54. The molecule has 22 heavy (non-hydrogen) atoms. The lowest BCUT2D eigenvalue weighted by atomic mass is 10.2. The zero-order valence-electron chi connectivity index (χ0n) is 13.5. The van der Waals surface area contributed by atoms with Crippen molar-refractivity contribution < 1.29 is 4.79 Å². The number of pyridine rings is 1. The van der Waals surface area contributed by atoms with E-state index in [-0.39, 0.29) is 5.91 Å². The molecule has 0 aliphatic rings. The third-order valence-electron chi connectivity index (χ3n) is 3.22. The Kier molecular flexibility index (Phi) is 5.61. The van der Waals surface area contributed by atoms with Gasteiger partial charge in [-0.2, -0.15) is 0 Å². The first-order chi connectivity index (χ1) is 10.5. The third kappa shape index (κ3) is 4.34. The molecular formula is C18H22N2OS. The first kappa shape index (κ1) is 16.6. The molecule has 1 heterocycles. The molecule has 0 aliphatic carbocycles. The molecule has 0 saturated heterocycles. The van der Waals surface area contributed by atoms with Gasteiger partial charge in [0.15, 0.2) is 0 Å². The molecular weight excluding hydrogens is 292 g/mol. The Hall–Kier alpha value is -1.81. The number of rotatable bonds is 5. The smallest absolute Gasteiger partial charge is 0.254 e. The highest BCUT2D eigenvalue weighted by Gasteiger charge is 2.14. The van der Waals surface area contributed by atoms with Gasteiger partial charge in [0.1, 0.15) is 5.03 Å². The largest absolute Gasteiger partial charge is 0.352 e. The molecule has 0 spiro atoms. The van der Waals surface area contributed by atoms with E-state index in [9.17, 15) is 4.79 Å². The summed E-state index contributed by atoms with van der Waals surface area (Å²) in [6.07, 6.45) is 1.73. The number of carbonyl (C=O) groups excluding carboxylic acids is 1. The van der Waals surface area contributed by atoms with E-state index in [1.54, 1.807) is 24.0 Å². The average molecular weight is 314 g/mol. The summed E-state index contributed by atoms with van der Waals surface area (Å²) in [6.45, 7) is 8.98. The lowest BCUT2D eigenvalue weighted by molar-refractivity contribution is 0.0945. The SMILES string of the molecule is Cc1ccc(Sc2ncccc2C(=O)NCC(C)C)c(C)c1. The molecule has 1 aromatic carbocycles. The first-order valence-electron chi connectivity index (χ1n) is 7.45. The van der Waals surface area contributed by atoms with E-state index in [4.69, 9.17) is 0 Å². The van der Waals surface area contributed by atoms with Crippen LogP contribution < -0.4 is 5.32 Å². The van der Waals surface area contributed by atoms with Crippen LogP contribution in [0, 0.1) is 19.8 Å². The van der Waals surface area contributed by atoms with E-state index >= 15 is 0 Å². The number of hydrogen-bond donors (Lipinski definition) is 1. The van der Waals surface area contributed by atoms with Crippen LogP contribution in [0.1, 0.15) is 35.3 Å². The van der Waals surface area contributed by atoms with Gasteiger partial charge in [0.05, 0.1) is 5.56 Å². The Balaban J connectivity index is 2.22. The van der Waals surface area contributed by atoms with Gasteiger partial charge in [-0.3, -0.25) is 4.79 Å². The fraction of sp³-hybridized carbons (Fsp3) is 0.333. The lowest BCUT2D eigenvalue weighted by Gasteiger charge is -2.11. The number of nitrogens with one attached hydrogen (secondary N) is 1. The number of nitrogens with zero attached hydrogens (tertiary/aromatic N) is 1. The van der Waals surface area contributed by atoms with Gasteiger partial charge in [0.25, 0.3) is 5.91 Å². The second-order valence-electron chi connectivity index (χ2n) is 5.83. The highest BCUT2D eigenvalue weighted by Crippen LogP contribution is 2.31. The molecule has 3 nitrogen and oxygen atoms in total. The predicted octanol–water partition coefficient (Wildman–Crippen LogP) is 4.24. The monoisotopic (exact) mass is 314 g/mol. The summed E-state index contributed by atoms with van der Waals surface area (Å²) in [5, 5.41) is 3.70. The summed E-state index contributed by atoms with van der Waals surface area (Å²) < 4.78 is 0. The molecule has 0 fully saturated rings. The highest BCUT2D eigenvalue weighted by atomic mass is 32.2. The molecule has 0 unspecified atom stereocenters. The Morgan fingerprint density at radius 3 is 2.73 bits per heavy atom. The fourth-order valence-electron chi connectivity index (χ4n) is 2.06. The zero-order chi connectivity index (χ0) is 16.1. The lowest BCUT2D eigenvalue weighted by Crippen LogP contribution is -2.27. The van der Waals surface area contributed by atoms with Crippen LogP contribution in [0.25, 0.3) is 0 Å². The van der Waals surface area contributed by atoms with E-state index in [1.165, 1.54) is 11.1 Å². The van der Waals surface area contributed by atoms with Crippen molar-refractivity contribution >= 4 is 17.7 Å². The van der Waals surface area contributed by atoms with Crippen molar-refractivity contribution in [1.82, 2.24) is 10.3 Å². The third-order valence-corrected chi connectivity index (χ3v) is 4.42. The number of carbonyl (C=O) groups is 1. The molecule has 0 atom stereocenters. The highest BCUT2D eigenvalue weighted by molar-refractivity contribution is 7.99. The molecule has 116 valence electrons. The maximum atomic E-state index is 12.3. The molecule has 4 heteroatoms. The maximum Gasteiger partial charge on any atom is 0.254 e. The molecule has 2 rings (SSSR count). The Morgan fingerprint density at radius 1 is 1.27 bits per heavy atom. The fourth-order valence-corrected chi connectivity index (χ4v) is 3.00. The van der Waals surface area contributed by atoms with Crippen LogP contribution in [0.2, 0.25) is 0 Å². The number of aromatic nitrogens is 1. The van der Waals surface area contributed by atoms with E-state index in [1.807, 2.05) is 6.07 Å². The molecule has 2 aromatic rings. The maximum absolute atomic E-state index is 12.3. The minimum Gasteiger partial charge on any atom is -0.352 e. The standard InChI is InChI=1S/C18H22N2OS/c1-12(2)11-20-17(21)15-6-5-9-19-18(15)22-16-8-7-13(3)10-14(16)4/h5-10,12H,11H2,1-4H3,(H,20,21). The Bertz CT molecular complexity index is 668. The molecule has 0 aliphatic heterocycles. The van der Waals surface area contributed by atoms with E-state index in [2.05, 4.69) is 56.2 Å². The molecule has 0 saturated carbocycles. The minimum absolute atomic E-state index is 0.0611. The number of benzene rings is 1. The summed E-state index contributed by atoms with van der Waals surface area (Å²) in [4.78, 5) is 17.8. The summed E-state index contributed by atoms with van der Waals surface area (Å²) in [7, 11) is 0. The molecule has 0 bridgehead atoms. The van der Waals surface area contributed by atoms with Crippen molar-refractivity contribution in [3.63, 3.8) is 0 Å². The molecule has 1 N–H and O–H groups in total. The van der Waals surface area contributed by atoms with Crippen LogP contribution in [0.4, 0.5) is 0 Å². The zero-order valence-corrected chi connectivity index (χ0v) is 14.3. The van der Waals surface area contributed by atoms with Crippen LogP contribution in [-0.2, 0) is 0 Å². The minimum atomic E-state index is -0.0611. The molecule has 0 radical (unpaired) electrons. The van der Waals surface area contributed by atoms with Crippen LogP contribution >= 0.6 is 11.8 Å². The van der Waals surface area contributed by atoms with Crippen LogP contribution in [0.15, 0.2) is 46.5 Å². The van der Waals surface area contributed by atoms with Gasteiger partial charge < -0.3 is 5.32 Å². The van der Waals surface area contributed by atoms with Gasteiger partial charge >= 0.3 is 0 Å². The second kappa shape index (κ2) is 7.45. The van der Waals surface area contributed by atoms with Crippen molar-refractivity contribution in [3.05, 3.63) is 53.2 Å². The normalized spacial score (nSPS) is 10.8. The topological polar surface area (TPSA) is 42.0 Å². The van der Waals surface area contributed by atoms with Crippen molar-refractivity contribution in [1.29, 1.82) is 0 Å². The van der Waals surface area contributed by atoms with Gasteiger partial charge in [0, 0.05) is 17.6 Å². The van der Waals surface area contributed by atoms with Gasteiger partial charge in [-0.05, 0) is 43.5 Å². The first-order valence-corrected chi connectivity index (χ1v) is 8.27. The molecule has 1 amide bonds. The Labute approximate surface area is 136 Å². The molecule has 1 aromatic heterocycles. The quantitative estimate of drug-likeness (QED) is 0.897. The number of amides is 1.